The van der Waals surface area contributed by atoms with Crippen LogP contribution in [0.4, 0.5) is 0 Å². The van der Waals surface area contributed by atoms with Crippen LogP contribution in [0, 0.1) is 11.3 Å². The average molecular weight is 260 g/mol. The topological polar surface area (TPSA) is 36.3 Å². The first-order valence-corrected chi connectivity index (χ1v) is 6.95. The minimum atomic E-state index is 0.494. The molecule has 1 aliphatic rings. The minimum absolute atomic E-state index is 0.494. The molecule has 0 amide bonds. The average Bonchev–Trinajstić information content (AvgIpc) is 2.72. The van der Waals surface area contributed by atoms with E-state index in [0.717, 1.165) is 32.2 Å². The SMILES string of the molecule is C=C(OCCCCC)/C(C#N)=C/C1=C(C)N(C)CC1. The monoisotopic (exact) mass is 260 g/mol. The van der Waals surface area contributed by atoms with E-state index in [1.54, 1.807) is 0 Å². The molecule has 1 heterocycles. The number of hydrogen-bond acceptors (Lipinski definition) is 3. The van der Waals surface area contributed by atoms with Crippen LogP contribution in [0.3, 0.4) is 0 Å². The molecule has 0 radical (unpaired) electrons. The van der Waals surface area contributed by atoms with Gasteiger partial charge < -0.3 is 9.64 Å². The molecule has 3 heteroatoms. The van der Waals surface area contributed by atoms with Crippen LogP contribution >= 0.6 is 0 Å². The quantitative estimate of drug-likeness (QED) is 0.302. The normalized spacial score (nSPS) is 15.7. The van der Waals surface area contributed by atoms with Gasteiger partial charge in [0.2, 0.25) is 0 Å². The Morgan fingerprint density at radius 2 is 2.26 bits per heavy atom. The summed E-state index contributed by atoms with van der Waals surface area (Å²) in [5.41, 5.74) is 2.98. The summed E-state index contributed by atoms with van der Waals surface area (Å²) in [4.78, 5) is 2.20. The van der Waals surface area contributed by atoms with Crippen LogP contribution < -0.4 is 0 Å². The van der Waals surface area contributed by atoms with Crippen molar-refractivity contribution in [1.82, 2.24) is 4.90 Å². The number of allylic oxidation sites excluding steroid dienone is 3. The number of rotatable bonds is 7. The summed E-state index contributed by atoms with van der Waals surface area (Å²) >= 11 is 0. The van der Waals surface area contributed by atoms with Crippen LogP contribution in [0.2, 0.25) is 0 Å². The van der Waals surface area contributed by atoms with Gasteiger partial charge in [-0.1, -0.05) is 26.3 Å². The first-order chi connectivity index (χ1) is 9.10. The van der Waals surface area contributed by atoms with E-state index >= 15 is 0 Å². The van der Waals surface area contributed by atoms with Crippen molar-refractivity contribution in [2.24, 2.45) is 0 Å². The summed E-state index contributed by atoms with van der Waals surface area (Å²) in [6, 6.07) is 2.19. The minimum Gasteiger partial charge on any atom is -0.493 e. The summed E-state index contributed by atoms with van der Waals surface area (Å²) in [7, 11) is 2.07. The van der Waals surface area contributed by atoms with Crippen molar-refractivity contribution in [3.8, 4) is 6.07 Å². The predicted molar refractivity (Wildman–Crippen MR) is 78.3 cm³/mol. The van der Waals surface area contributed by atoms with E-state index in [0.29, 0.717) is 17.9 Å². The maximum Gasteiger partial charge on any atom is 0.129 e. The first kappa shape index (κ1) is 15.4. The Labute approximate surface area is 116 Å². The second kappa shape index (κ2) is 7.68. The Kier molecular flexibility index (Phi) is 6.21. The number of ether oxygens (including phenoxy) is 1. The van der Waals surface area contributed by atoms with Gasteiger partial charge in [0.15, 0.2) is 0 Å². The Bertz CT molecular complexity index is 427. The highest BCUT2D eigenvalue weighted by molar-refractivity contribution is 5.44. The van der Waals surface area contributed by atoms with Gasteiger partial charge in [0.1, 0.15) is 11.8 Å². The van der Waals surface area contributed by atoms with Gasteiger partial charge in [-0.25, -0.2) is 0 Å². The Balaban J connectivity index is 2.63. The first-order valence-electron chi connectivity index (χ1n) is 6.95. The molecule has 1 aliphatic heterocycles. The second-order valence-corrected chi connectivity index (χ2v) is 4.93. The molecule has 19 heavy (non-hydrogen) atoms. The fourth-order valence-electron chi connectivity index (χ4n) is 2.03. The molecule has 0 aromatic heterocycles. The Morgan fingerprint density at radius 1 is 1.53 bits per heavy atom. The van der Waals surface area contributed by atoms with Crippen LogP contribution in [-0.2, 0) is 4.74 Å². The molecule has 1 rings (SSSR count). The van der Waals surface area contributed by atoms with Gasteiger partial charge in [-0.3, -0.25) is 0 Å². The fourth-order valence-corrected chi connectivity index (χ4v) is 2.03. The number of hydrogen-bond donors (Lipinski definition) is 0. The maximum absolute atomic E-state index is 9.22. The Morgan fingerprint density at radius 3 is 2.79 bits per heavy atom. The number of unbranched alkanes of at least 4 members (excludes halogenated alkanes) is 2. The lowest BCUT2D eigenvalue weighted by Crippen LogP contribution is -2.10. The molecule has 0 saturated heterocycles. The van der Waals surface area contributed by atoms with Gasteiger partial charge in [0.05, 0.1) is 12.2 Å². The van der Waals surface area contributed by atoms with Crippen molar-refractivity contribution in [2.45, 2.75) is 39.5 Å². The van der Waals surface area contributed by atoms with Crippen LogP contribution in [-0.4, -0.2) is 25.1 Å². The number of nitriles is 1. The standard InChI is InChI=1S/C16H24N2O/c1-5-6-7-10-19-14(3)16(12-17)11-15-8-9-18(4)13(15)2/h11H,3,5-10H2,1-2,4H3/b16-11+. The van der Waals surface area contributed by atoms with Crippen molar-refractivity contribution < 1.29 is 4.74 Å². The van der Waals surface area contributed by atoms with Gasteiger partial charge in [0, 0.05) is 19.3 Å². The van der Waals surface area contributed by atoms with Crippen LogP contribution in [0.1, 0.15) is 39.5 Å². The zero-order chi connectivity index (χ0) is 14.3. The molecule has 0 fully saturated rings. The predicted octanol–water partition coefficient (Wildman–Crippen LogP) is 3.77. The van der Waals surface area contributed by atoms with Crippen molar-refractivity contribution >= 4 is 0 Å². The van der Waals surface area contributed by atoms with Gasteiger partial charge in [0.25, 0.3) is 0 Å². The van der Waals surface area contributed by atoms with Crippen molar-refractivity contribution in [3.63, 3.8) is 0 Å². The zero-order valence-corrected chi connectivity index (χ0v) is 12.3. The van der Waals surface area contributed by atoms with E-state index in [9.17, 15) is 5.26 Å². The lowest BCUT2D eigenvalue weighted by molar-refractivity contribution is 0.216. The summed E-state index contributed by atoms with van der Waals surface area (Å²) in [5.74, 6) is 0.494. The van der Waals surface area contributed by atoms with E-state index < -0.39 is 0 Å². The Hall–Kier alpha value is -1.69. The molecule has 104 valence electrons. The molecule has 0 spiro atoms. The van der Waals surface area contributed by atoms with E-state index in [4.69, 9.17) is 4.74 Å². The van der Waals surface area contributed by atoms with Crippen molar-refractivity contribution in [2.75, 3.05) is 20.2 Å². The highest BCUT2D eigenvalue weighted by atomic mass is 16.5. The van der Waals surface area contributed by atoms with E-state index in [1.165, 1.54) is 11.3 Å². The smallest absolute Gasteiger partial charge is 0.129 e. The largest absolute Gasteiger partial charge is 0.493 e. The molecule has 0 saturated carbocycles. The molecular formula is C16H24N2O. The third kappa shape index (κ3) is 4.48. The molecule has 0 aromatic carbocycles. The molecule has 0 bridgehead atoms. The van der Waals surface area contributed by atoms with Gasteiger partial charge in [-0.15, -0.1) is 0 Å². The molecule has 0 aromatic rings. The van der Waals surface area contributed by atoms with Crippen LogP contribution in [0.15, 0.2) is 35.3 Å². The zero-order valence-electron chi connectivity index (χ0n) is 12.3. The molecule has 0 aliphatic carbocycles. The molecule has 0 N–H and O–H groups in total. The summed E-state index contributed by atoms with van der Waals surface area (Å²) in [5, 5.41) is 9.22. The molecule has 3 nitrogen and oxygen atoms in total. The van der Waals surface area contributed by atoms with Crippen LogP contribution in [0.25, 0.3) is 0 Å². The van der Waals surface area contributed by atoms with Gasteiger partial charge in [-0.2, -0.15) is 5.26 Å². The van der Waals surface area contributed by atoms with Crippen molar-refractivity contribution in [3.05, 3.63) is 35.3 Å². The van der Waals surface area contributed by atoms with E-state index in [1.807, 2.05) is 6.08 Å². The summed E-state index contributed by atoms with van der Waals surface area (Å²) in [6.45, 7) is 9.75. The molecule has 0 unspecified atom stereocenters. The maximum atomic E-state index is 9.22. The van der Waals surface area contributed by atoms with E-state index in [-0.39, 0.29) is 0 Å². The highest BCUT2D eigenvalue weighted by Crippen LogP contribution is 2.24. The van der Waals surface area contributed by atoms with Crippen LogP contribution in [0.5, 0.6) is 0 Å². The third-order valence-electron chi connectivity index (χ3n) is 3.52. The summed E-state index contributed by atoms with van der Waals surface area (Å²) in [6.07, 6.45) is 6.22. The second-order valence-electron chi connectivity index (χ2n) is 4.93. The molecular weight excluding hydrogens is 236 g/mol. The lowest BCUT2D eigenvalue weighted by Gasteiger charge is -2.11. The summed E-state index contributed by atoms with van der Waals surface area (Å²) < 4.78 is 5.55. The van der Waals surface area contributed by atoms with Crippen molar-refractivity contribution in [1.29, 1.82) is 5.26 Å². The highest BCUT2D eigenvalue weighted by Gasteiger charge is 2.15. The fraction of sp³-hybridized carbons (Fsp3) is 0.562. The van der Waals surface area contributed by atoms with Gasteiger partial charge in [-0.05, 0) is 31.4 Å². The lowest BCUT2D eigenvalue weighted by atomic mass is 10.1. The number of nitrogens with zero attached hydrogens (tertiary/aromatic N) is 2. The van der Waals surface area contributed by atoms with Gasteiger partial charge >= 0.3 is 0 Å². The van der Waals surface area contributed by atoms with E-state index in [2.05, 4.69) is 38.4 Å². The third-order valence-corrected chi connectivity index (χ3v) is 3.52. The molecule has 0 atom stereocenters.